The Hall–Kier alpha value is -3.74. The summed E-state index contributed by atoms with van der Waals surface area (Å²) in [7, 11) is 2.99. The van der Waals surface area contributed by atoms with Crippen LogP contribution in [-0.4, -0.2) is 19.1 Å². The van der Waals surface area contributed by atoms with E-state index in [1.807, 2.05) is 0 Å². The minimum Gasteiger partial charge on any atom is -0.495 e. The second-order valence-corrected chi connectivity index (χ2v) is 4.24. The predicted molar refractivity (Wildman–Crippen MR) is 84.7 cm³/mol. The molecule has 0 spiro atoms. The second-order valence-electron chi connectivity index (χ2n) is 4.24. The fraction of sp³-hybridized carbons (Fsp3) is 0.143. The molecule has 0 amide bonds. The first-order valence-corrected chi connectivity index (χ1v) is 6.43. The molecule has 0 radical (unpaired) electrons. The molecule has 0 saturated carbocycles. The van der Waals surface area contributed by atoms with Gasteiger partial charge in [0.05, 0.1) is 30.5 Å². The van der Waals surface area contributed by atoms with Gasteiger partial charge in [-0.05, 0) is 12.1 Å². The lowest BCUT2D eigenvalue weighted by Crippen LogP contribution is -1.93. The van der Waals surface area contributed by atoms with Crippen molar-refractivity contribution in [2.24, 2.45) is 10.2 Å². The number of nitro groups is 1. The second kappa shape index (κ2) is 8.64. The third-order valence-electron chi connectivity index (χ3n) is 2.86. The molecule has 2 aromatic rings. The molecule has 24 heavy (non-hydrogen) atoms. The number of non-ortho nitro benzene ring substituents is 1. The molecule has 0 aromatic heterocycles. The van der Waals surface area contributed by atoms with Crippen LogP contribution >= 0.6 is 0 Å². The van der Waals surface area contributed by atoms with Crippen molar-refractivity contribution < 1.29 is 14.4 Å². The molecule has 0 atom stereocenters. The van der Waals surface area contributed by atoms with Crippen LogP contribution in [0.15, 0.2) is 46.6 Å². The third kappa shape index (κ3) is 4.38. The van der Waals surface area contributed by atoms with Gasteiger partial charge in [0.2, 0.25) is 0 Å². The van der Waals surface area contributed by atoms with Gasteiger partial charge in [-0.25, -0.2) is 0 Å². The largest absolute Gasteiger partial charge is 0.495 e. The molecule has 10 heteroatoms. The van der Waals surface area contributed by atoms with Crippen molar-refractivity contribution in [1.82, 2.24) is 0 Å². The number of hydrogen-bond donors (Lipinski definition) is 1. The zero-order chi connectivity index (χ0) is 18.1. The van der Waals surface area contributed by atoms with Crippen LogP contribution in [0.3, 0.4) is 0 Å². The third-order valence-corrected chi connectivity index (χ3v) is 2.86. The summed E-state index contributed by atoms with van der Waals surface area (Å²) in [6.45, 7) is 0. The highest BCUT2D eigenvalue weighted by atomic mass is 16.6. The highest BCUT2D eigenvalue weighted by Gasteiger charge is 2.09. The van der Waals surface area contributed by atoms with Crippen molar-refractivity contribution in [3.8, 4) is 11.5 Å². The summed E-state index contributed by atoms with van der Waals surface area (Å²) in [6, 6.07) is 8.90. The van der Waals surface area contributed by atoms with Crippen LogP contribution in [-0.2, 0) is 0 Å². The summed E-state index contributed by atoms with van der Waals surface area (Å²) in [6.07, 6.45) is 0. The van der Waals surface area contributed by atoms with E-state index < -0.39 is 4.92 Å². The molecule has 2 aromatic carbocycles. The number of azo groups is 1. The molecule has 0 aliphatic carbocycles. The quantitative estimate of drug-likeness (QED) is 0.288. The van der Waals surface area contributed by atoms with Crippen molar-refractivity contribution in [3.05, 3.63) is 46.5 Å². The number of rotatable bonds is 5. The SMILES string of the molecule is COc1cc(N=Nc2ccc([N+](=O)[O-])cc2)c(OC)cc1N.N#N. The monoisotopic (exact) mass is 330 g/mol. The summed E-state index contributed by atoms with van der Waals surface area (Å²) in [5.41, 5.74) is 7.12. The van der Waals surface area contributed by atoms with Gasteiger partial charge >= 0.3 is 0 Å². The van der Waals surface area contributed by atoms with Crippen LogP contribution in [0.4, 0.5) is 22.7 Å². The fourth-order valence-corrected chi connectivity index (χ4v) is 1.74. The topological polar surface area (TPSA) is 160 Å². The highest BCUT2D eigenvalue weighted by Crippen LogP contribution is 2.37. The molecule has 0 aliphatic heterocycles. The number of hydrogen-bond acceptors (Lipinski definition) is 9. The lowest BCUT2D eigenvalue weighted by atomic mass is 10.2. The lowest BCUT2D eigenvalue weighted by Gasteiger charge is -2.09. The van der Waals surface area contributed by atoms with E-state index in [2.05, 4.69) is 10.2 Å². The maximum Gasteiger partial charge on any atom is 0.269 e. The number of nitro benzene ring substituents is 1. The normalized spacial score (nSPS) is 9.83. The number of nitrogens with two attached hydrogens (primary N) is 1. The van der Waals surface area contributed by atoms with Crippen molar-refractivity contribution in [1.29, 1.82) is 10.8 Å². The number of benzene rings is 2. The fourth-order valence-electron chi connectivity index (χ4n) is 1.74. The van der Waals surface area contributed by atoms with Gasteiger partial charge < -0.3 is 15.2 Å². The molecule has 0 unspecified atom stereocenters. The van der Waals surface area contributed by atoms with Crippen LogP contribution in [0, 0.1) is 20.9 Å². The summed E-state index contributed by atoms with van der Waals surface area (Å²) < 4.78 is 10.3. The molecule has 2 N–H and O–H groups in total. The van der Waals surface area contributed by atoms with E-state index in [0.717, 1.165) is 0 Å². The zero-order valence-electron chi connectivity index (χ0n) is 12.9. The first kappa shape index (κ1) is 18.3. The summed E-state index contributed by atoms with van der Waals surface area (Å²) >= 11 is 0. The number of ether oxygens (including phenoxy) is 2. The number of methoxy groups -OCH3 is 2. The highest BCUT2D eigenvalue weighted by molar-refractivity contribution is 5.67. The van der Waals surface area contributed by atoms with Gasteiger partial charge in [-0.3, -0.25) is 10.1 Å². The molecule has 0 aliphatic rings. The Morgan fingerprint density at radius 3 is 2.12 bits per heavy atom. The van der Waals surface area contributed by atoms with Crippen molar-refractivity contribution in [3.63, 3.8) is 0 Å². The van der Waals surface area contributed by atoms with Crippen LogP contribution in [0.1, 0.15) is 0 Å². The minimum absolute atomic E-state index is 0.00863. The smallest absolute Gasteiger partial charge is 0.269 e. The van der Waals surface area contributed by atoms with Gasteiger partial charge in [-0.15, -0.1) is 5.11 Å². The van der Waals surface area contributed by atoms with Gasteiger partial charge in [0.25, 0.3) is 5.69 Å². The average molecular weight is 330 g/mol. The van der Waals surface area contributed by atoms with Crippen LogP contribution < -0.4 is 15.2 Å². The van der Waals surface area contributed by atoms with E-state index >= 15 is 0 Å². The van der Waals surface area contributed by atoms with Crippen LogP contribution in [0.2, 0.25) is 0 Å². The average Bonchev–Trinajstić information content (AvgIpc) is 2.62. The standard InChI is InChI=1S/C14H14N4O4.N2/c1-21-13-8-12(14(22-2)7-11(13)15)17-16-9-3-5-10(6-4-9)18(19)20;1-2/h3-8H,15H2,1-2H3;. The maximum atomic E-state index is 10.6. The van der Waals surface area contributed by atoms with Crippen molar-refractivity contribution in [2.75, 3.05) is 20.0 Å². The van der Waals surface area contributed by atoms with Crippen LogP contribution in [0.5, 0.6) is 11.5 Å². The molecule has 0 fully saturated rings. The Morgan fingerprint density at radius 1 is 1.04 bits per heavy atom. The van der Waals surface area contributed by atoms with E-state index in [9.17, 15) is 10.1 Å². The van der Waals surface area contributed by atoms with Gasteiger partial charge in [0, 0.05) is 35.1 Å². The number of anilines is 1. The van der Waals surface area contributed by atoms with Gasteiger partial charge in [-0.1, -0.05) is 0 Å². The van der Waals surface area contributed by atoms with Gasteiger partial charge in [-0.2, -0.15) is 5.11 Å². The molecule has 124 valence electrons. The molecule has 2 rings (SSSR count). The van der Waals surface area contributed by atoms with Gasteiger partial charge in [0.15, 0.2) is 0 Å². The van der Waals surface area contributed by atoms with E-state index in [-0.39, 0.29) is 5.69 Å². The Kier molecular flexibility index (Phi) is 6.59. The molecular weight excluding hydrogens is 316 g/mol. The van der Waals surface area contributed by atoms with Crippen molar-refractivity contribution in [2.45, 2.75) is 0 Å². The predicted octanol–water partition coefficient (Wildman–Crippen LogP) is 3.64. The maximum absolute atomic E-state index is 10.6. The first-order chi connectivity index (χ1) is 11.5. The Morgan fingerprint density at radius 2 is 1.62 bits per heavy atom. The molecule has 0 bridgehead atoms. The molecular formula is C14H14N6O4. The minimum atomic E-state index is -0.477. The van der Waals surface area contributed by atoms with E-state index in [4.69, 9.17) is 26.0 Å². The Balaban J connectivity index is 0.00000139. The Bertz CT molecular complexity index is 758. The number of nitrogen functional groups attached to an aromatic ring is 1. The summed E-state index contributed by atoms with van der Waals surface area (Å²) in [4.78, 5) is 10.1. The lowest BCUT2D eigenvalue weighted by molar-refractivity contribution is -0.384. The summed E-state index contributed by atoms with van der Waals surface area (Å²) in [5, 5.41) is 30.7. The van der Waals surface area contributed by atoms with Crippen LogP contribution in [0.25, 0.3) is 0 Å². The van der Waals surface area contributed by atoms with Gasteiger partial charge in [0.1, 0.15) is 17.2 Å². The number of nitrogens with zero attached hydrogens (tertiary/aromatic N) is 5. The molecule has 0 heterocycles. The van der Waals surface area contributed by atoms with E-state index in [1.54, 1.807) is 12.1 Å². The first-order valence-electron chi connectivity index (χ1n) is 6.43. The van der Waals surface area contributed by atoms with E-state index in [0.29, 0.717) is 28.6 Å². The molecule has 0 saturated heterocycles. The summed E-state index contributed by atoms with van der Waals surface area (Å²) in [5.74, 6) is 0.905. The van der Waals surface area contributed by atoms with E-state index in [1.165, 1.54) is 38.5 Å². The molecule has 10 nitrogen and oxygen atoms in total. The zero-order valence-corrected chi connectivity index (χ0v) is 12.9. The van der Waals surface area contributed by atoms with Crippen molar-refractivity contribution >= 4 is 22.7 Å². The Labute approximate surface area is 137 Å².